The maximum atomic E-state index is 13.0. The summed E-state index contributed by atoms with van der Waals surface area (Å²) in [6.07, 6.45) is -2.99. The maximum Gasteiger partial charge on any atom is 0.416 e. The third-order valence-corrected chi connectivity index (χ3v) is 7.91. The van der Waals surface area contributed by atoms with Crippen molar-refractivity contribution in [2.45, 2.75) is 17.6 Å². The number of hydrogen-bond acceptors (Lipinski definition) is 6. The summed E-state index contributed by atoms with van der Waals surface area (Å²) >= 11 is 0. The Morgan fingerprint density at radius 3 is 2.24 bits per heavy atom. The van der Waals surface area contributed by atoms with Gasteiger partial charge in [-0.1, -0.05) is 12.1 Å². The molecule has 37 heavy (non-hydrogen) atoms. The van der Waals surface area contributed by atoms with Gasteiger partial charge in [0.2, 0.25) is 10.0 Å². The number of sulfonamides is 1. The molecule has 0 unspecified atom stereocenters. The van der Waals surface area contributed by atoms with Gasteiger partial charge in [0, 0.05) is 38.9 Å². The van der Waals surface area contributed by atoms with E-state index in [0.717, 1.165) is 29.8 Å². The van der Waals surface area contributed by atoms with Crippen LogP contribution in [0.4, 0.5) is 19.0 Å². The zero-order valence-corrected chi connectivity index (χ0v) is 20.7. The molecule has 1 aliphatic rings. The largest absolute Gasteiger partial charge is 0.497 e. The number of rotatable bonds is 7. The third kappa shape index (κ3) is 6.03. The van der Waals surface area contributed by atoms with Crippen molar-refractivity contribution in [1.29, 1.82) is 0 Å². The smallest absolute Gasteiger partial charge is 0.416 e. The maximum absolute atomic E-state index is 13.0. The quantitative estimate of drug-likeness (QED) is 0.499. The highest BCUT2D eigenvalue weighted by Crippen LogP contribution is 2.30. The van der Waals surface area contributed by atoms with Crippen LogP contribution in [0.5, 0.6) is 5.75 Å². The molecule has 1 saturated heterocycles. The van der Waals surface area contributed by atoms with E-state index < -0.39 is 21.8 Å². The number of hydrogen-bond donors (Lipinski definition) is 1. The zero-order valence-electron chi connectivity index (χ0n) is 19.9. The highest BCUT2D eigenvalue weighted by atomic mass is 32.2. The molecule has 2 heterocycles. The number of piperazine rings is 1. The van der Waals surface area contributed by atoms with E-state index in [2.05, 4.69) is 10.3 Å². The Balaban J connectivity index is 1.41. The second-order valence-electron chi connectivity index (χ2n) is 8.32. The molecule has 0 radical (unpaired) electrons. The predicted octanol–water partition coefficient (Wildman–Crippen LogP) is 3.55. The summed E-state index contributed by atoms with van der Waals surface area (Å²) in [7, 11) is -2.40. The SMILES string of the molecule is COc1ccc(CNC(=O)c2cccnc2N2CCN(S(=O)(=O)c3ccc(C(F)(F)F)cc3)CC2)cc1. The first-order valence-electron chi connectivity index (χ1n) is 11.4. The molecule has 1 aliphatic heterocycles. The molecule has 0 atom stereocenters. The van der Waals surface area contributed by atoms with Gasteiger partial charge in [-0.25, -0.2) is 13.4 Å². The highest BCUT2D eigenvalue weighted by molar-refractivity contribution is 7.89. The summed E-state index contributed by atoms with van der Waals surface area (Å²) in [5, 5.41) is 2.87. The van der Waals surface area contributed by atoms with E-state index in [1.165, 1.54) is 4.31 Å². The zero-order chi connectivity index (χ0) is 26.6. The third-order valence-electron chi connectivity index (χ3n) is 6.00. The lowest BCUT2D eigenvalue weighted by Gasteiger charge is -2.35. The molecule has 0 aliphatic carbocycles. The topological polar surface area (TPSA) is 91.8 Å². The molecule has 2 aromatic carbocycles. The van der Waals surface area contributed by atoms with Gasteiger partial charge in [0.15, 0.2) is 0 Å². The van der Waals surface area contributed by atoms with Crippen LogP contribution in [0.3, 0.4) is 0 Å². The van der Waals surface area contributed by atoms with Crippen LogP contribution in [0.1, 0.15) is 21.5 Å². The van der Waals surface area contributed by atoms with E-state index in [0.29, 0.717) is 23.7 Å². The summed E-state index contributed by atoms with van der Waals surface area (Å²) in [6.45, 7) is 1.00. The van der Waals surface area contributed by atoms with Gasteiger partial charge in [0.1, 0.15) is 11.6 Å². The van der Waals surface area contributed by atoms with Crippen LogP contribution in [0.25, 0.3) is 0 Å². The number of nitrogens with zero attached hydrogens (tertiary/aromatic N) is 3. The van der Waals surface area contributed by atoms with Gasteiger partial charge in [-0.3, -0.25) is 4.79 Å². The molecule has 196 valence electrons. The van der Waals surface area contributed by atoms with Gasteiger partial charge < -0.3 is 15.0 Å². The molecule has 12 heteroatoms. The van der Waals surface area contributed by atoms with Crippen molar-refractivity contribution in [1.82, 2.24) is 14.6 Å². The number of methoxy groups -OCH3 is 1. The summed E-state index contributed by atoms with van der Waals surface area (Å²) < 4.78 is 70.8. The molecule has 1 aromatic heterocycles. The summed E-state index contributed by atoms with van der Waals surface area (Å²) in [4.78, 5) is 18.9. The monoisotopic (exact) mass is 534 g/mol. The van der Waals surface area contributed by atoms with E-state index in [1.54, 1.807) is 37.6 Å². The highest BCUT2D eigenvalue weighted by Gasteiger charge is 2.33. The number of nitrogens with one attached hydrogen (secondary N) is 1. The molecular formula is C25H25F3N4O4S. The lowest BCUT2D eigenvalue weighted by Crippen LogP contribution is -2.49. The molecule has 8 nitrogen and oxygen atoms in total. The van der Waals surface area contributed by atoms with Crippen molar-refractivity contribution in [3.05, 3.63) is 83.6 Å². The normalized spacial score (nSPS) is 14.9. The number of pyridine rings is 1. The van der Waals surface area contributed by atoms with Crippen molar-refractivity contribution >= 4 is 21.7 Å². The minimum Gasteiger partial charge on any atom is -0.497 e. The van der Waals surface area contributed by atoms with Gasteiger partial charge in [-0.15, -0.1) is 0 Å². The van der Waals surface area contributed by atoms with Crippen LogP contribution < -0.4 is 15.0 Å². The fourth-order valence-corrected chi connectivity index (χ4v) is 5.37. The van der Waals surface area contributed by atoms with Crippen LogP contribution >= 0.6 is 0 Å². The van der Waals surface area contributed by atoms with Gasteiger partial charge in [0.05, 0.1) is 23.1 Å². The number of benzene rings is 2. The van der Waals surface area contributed by atoms with Crippen molar-refractivity contribution < 1.29 is 31.1 Å². The van der Waals surface area contributed by atoms with Gasteiger partial charge in [-0.2, -0.15) is 17.5 Å². The molecule has 4 rings (SSSR count). The van der Waals surface area contributed by atoms with Gasteiger partial charge >= 0.3 is 6.18 Å². The number of carbonyl (C=O) groups is 1. The lowest BCUT2D eigenvalue weighted by atomic mass is 10.2. The first-order chi connectivity index (χ1) is 17.6. The predicted molar refractivity (Wildman–Crippen MR) is 131 cm³/mol. The molecule has 1 fully saturated rings. The van der Waals surface area contributed by atoms with E-state index in [9.17, 15) is 26.4 Å². The first-order valence-corrected chi connectivity index (χ1v) is 12.8. The first kappa shape index (κ1) is 26.4. The minimum absolute atomic E-state index is 0.0901. The van der Waals surface area contributed by atoms with Crippen molar-refractivity contribution in [3.63, 3.8) is 0 Å². The Hall–Kier alpha value is -3.64. The summed E-state index contributed by atoms with van der Waals surface area (Å²) in [5.74, 6) is 0.823. The van der Waals surface area contributed by atoms with Crippen LogP contribution in [0.2, 0.25) is 0 Å². The van der Waals surface area contributed by atoms with E-state index in [4.69, 9.17) is 4.74 Å². The number of alkyl halides is 3. The molecule has 0 saturated carbocycles. The van der Waals surface area contributed by atoms with Crippen LogP contribution in [0.15, 0.2) is 71.8 Å². The Labute approximate surface area is 212 Å². The average molecular weight is 535 g/mol. The number of aromatic nitrogens is 1. The Bertz CT molecular complexity index is 1340. The molecule has 0 spiro atoms. The van der Waals surface area contributed by atoms with Crippen molar-refractivity contribution in [3.8, 4) is 5.75 Å². The van der Waals surface area contributed by atoms with Gasteiger partial charge in [-0.05, 0) is 54.1 Å². The molecule has 1 amide bonds. The number of halogens is 3. The Morgan fingerprint density at radius 1 is 1.00 bits per heavy atom. The van der Waals surface area contributed by atoms with E-state index >= 15 is 0 Å². The lowest BCUT2D eigenvalue weighted by molar-refractivity contribution is -0.137. The summed E-state index contributed by atoms with van der Waals surface area (Å²) in [5.41, 5.74) is 0.334. The van der Waals surface area contributed by atoms with Crippen LogP contribution in [-0.4, -0.2) is 56.9 Å². The minimum atomic E-state index is -4.55. The van der Waals surface area contributed by atoms with Crippen molar-refractivity contribution in [2.75, 3.05) is 38.2 Å². The van der Waals surface area contributed by atoms with E-state index in [-0.39, 0.29) is 37.0 Å². The summed E-state index contributed by atoms with van der Waals surface area (Å²) in [6, 6.07) is 14.0. The van der Waals surface area contributed by atoms with Crippen molar-refractivity contribution in [2.24, 2.45) is 0 Å². The average Bonchev–Trinajstić information content (AvgIpc) is 2.91. The number of ether oxygens (including phenoxy) is 1. The standard InChI is InChI=1S/C25H25F3N4O4S/c1-36-20-8-4-18(5-9-20)17-30-24(33)22-3-2-12-29-23(22)31-13-15-32(16-14-31)37(34,35)21-10-6-19(7-11-21)25(26,27)28/h2-12H,13-17H2,1H3,(H,30,33). The number of anilines is 1. The van der Waals surface area contributed by atoms with E-state index in [1.807, 2.05) is 17.0 Å². The number of amides is 1. The fraction of sp³-hybridized carbons (Fsp3) is 0.280. The number of carbonyl (C=O) groups excluding carboxylic acids is 1. The second-order valence-corrected chi connectivity index (χ2v) is 10.3. The van der Waals surface area contributed by atoms with Crippen LogP contribution in [0, 0.1) is 0 Å². The molecule has 1 N–H and O–H groups in total. The molecule has 3 aromatic rings. The second kappa shape index (κ2) is 10.8. The molecular weight excluding hydrogens is 509 g/mol. The fourth-order valence-electron chi connectivity index (χ4n) is 3.95. The van der Waals surface area contributed by atoms with Crippen LogP contribution in [-0.2, 0) is 22.7 Å². The molecule has 0 bridgehead atoms. The Kier molecular flexibility index (Phi) is 7.69. The van der Waals surface area contributed by atoms with Gasteiger partial charge in [0.25, 0.3) is 5.91 Å². The Morgan fingerprint density at radius 2 is 1.65 bits per heavy atom.